The lowest BCUT2D eigenvalue weighted by molar-refractivity contribution is -0.253. The molecule has 1 aliphatic carbocycles. The highest BCUT2D eigenvalue weighted by molar-refractivity contribution is 7.92. The molecule has 4 aromatic rings. The van der Waals surface area contributed by atoms with E-state index in [0.717, 1.165) is 29.8 Å². The molecule has 1 fully saturated rings. The van der Waals surface area contributed by atoms with E-state index >= 15 is 13.2 Å². The fraction of sp³-hybridized carbons (Fsp3) is 0.342. The highest BCUT2D eigenvalue weighted by atomic mass is 32.2. The molecule has 7 nitrogen and oxygen atoms in total. The lowest BCUT2D eigenvalue weighted by Gasteiger charge is -2.39. The molecule has 49 heavy (non-hydrogen) atoms. The maximum atomic E-state index is 16.1. The third-order valence-electron chi connectivity index (χ3n) is 9.32. The molecule has 1 heterocycles. The van der Waals surface area contributed by atoms with Gasteiger partial charge in [0, 0.05) is 5.56 Å². The van der Waals surface area contributed by atoms with Crippen LogP contribution in [0.2, 0.25) is 0 Å². The molecule has 4 aromatic carbocycles. The summed E-state index contributed by atoms with van der Waals surface area (Å²) in [5.41, 5.74) is -2.89. The molecule has 0 radical (unpaired) electrons. The Morgan fingerprint density at radius 3 is 2.22 bits per heavy atom. The van der Waals surface area contributed by atoms with Gasteiger partial charge in [-0.1, -0.05) is 81.3 Å². The molecular formula is C38H40F3N3O4S. The third-order valence-corrected chi connectivity index (χ3v) is 10.7. The fourth-order valence-electron chi connectivity index (χ4n) is 6.68. The fourth-order valence-corrected chi connectivity index (χ4v) is 7.76. The van der Waals surface area contributed by atoms with E-state index in [2.05, 4.69) is 30.6 Å². The number of nitrogens with zero attached hydrogens (tertiary/aromatic N) is 2. The molecule has 1 aliphatic heterocycles. The molecule has 4 atom stereocenters. The van der Waals surface area contributed by atoms with Gasteiger partial charge in [0.15, 0.2) is 0 Å². The smallest absolute Gasteiger partial charge is 0.455 e. The standard InChI is InChI=1S/C38H40F3N3O4S/c1-25(2)32-21-17-27(4)23-35(32)47-30-18-22-34(43-49(45,46)31-19-15-26(3)16-20-31)33(24-30)37(38(39,40)41)44(29-13-9-6-10-14-29)42-36(48-37)28-11-7-5-8-12-28/h5-16,18-20,22,24-25,27,32,35,43H,17,21,23H2,1-4H3/t27-,32+,35-,37?/m1/s1. The lowest BCUT2D eigenvalue weighted by Crippen LogP contribution is -2.54. The topological polar surface area (TPSA) is 80.2 Å². The number of hydrogen-bond acceptors (Lipinski definition) is 6. The van der Waals surface area contributed by atoms with Crippen molar-refractivity contribution in [2.75, 3.05) is 9.73 Å². The van der Waals surface area contributed by atoms with Crippen LogP contribution in [0.4, 0.5) is 24.5 Å². The number of benzene rings is 4. The van der Waals surface area contributed by atoms with Gasteiger partial charge in [-0.25, -0.2) is 13.4 Å². The Bertz CT molecular complexity index is 1900. The van der Waals surface area contributed by atoms with Crippen LogP contribution in [-0.2, 0) is 20.5 Å². The molecule has 1 unspecified atom stereocenters. The molecule has 0 aromatic heterocycles. The Kier molecular flexibility index (Phi) is 9.41. The number of para-hydroxylation sites is 1. The molecule has 0 spiro atoms. The van der Waals surface area contributed by atoms with E-state index in [9.17, 15) is 8.42 Å². The predicted octanol–water partition coefficient (Wildman–Crippen LogP) is 9.25. The van der Waals surface area contributed by atoms with Crippen molar-refractivity contribution >= 4 is 27.3 Å². The van der Waals surface area contributed by atoms with E-state index < -0.39 is 27.5 Å². The van der Waals surface area contributed by atoms with Gasteiger partial charge in [-0.2, -0.15) is 13.2 Å². The first-order valence-corrected chi connectivity index (χ1v) is 17.9. The summed E-state index contributed by atoms with van der Waals surface area (Å²) in [6.07, 6.45) is -2.65. The van der Waals surface area contributed by atoms with Crippen molar-refractivity contribution in [1.82, 2.24) is 0 Å². The van der Waals surface area contributed by atoms with Crippen molar-refractivity contribution < 1.29 is 31.1 Å². The molecule has 0 bridgehead atoms. The molecule has 1 saturated carbocycles. The predicted molar refractivity (Wildman–Crippen MR) is 185 cm³/mol. The Hall–Kier alpha value is -4.51. The van der Waals surface area contributed by atoms with Crippen molar-refractivity contribution in [3.8, 4) is 5.75 Å². The molecular weight excluding hydrogens is 651 g/mol. The summed E-state index contributed by atoms with van der Waals surface area (Å²) in [6.45, 7) is 8.20. The number of hydrogen-bond donors (Lipinski definition) is 1. The molecule has 2 aliphatic rings. The Balaban J connectivity index is 1.55. The minimum Gasteiger partial charge on any atom is -0.490 e. The Morgan fingerprint density at radius 1 is 0.939 bits per heavy atom. The molecule has 11 heteroatoms. The zero-order valence-electron chi connectivity index (χ0n) is 27.8. The van der Waals surface area contributed by atoms with Gasteiger partial charge in [0.1, 0.15) is 11.9 Å². The van der Waals surface area contributed by atoms with Gasteiger partial charge in [0.05, 0.1) is 21.8 Å². The van der Waals surface area contributed by atoms with Crippen LogP contribution in [-0.4, -0.2) is 26.6 Å². The van der Waals surface area contributed by atoms with E-state index in [-0.39, 0.29) is 39.9 Å². The molecule has 0 saturated heterocycles. The number of hydrazone groups is 1. The van der Waals surface area contributed by atoms with E-state index in [4.69, 9.17) is 9.47 Å². The van der Waals surface area contributed by atoms with Gasteiger partial charge in [0.25, 0.3) is 10.0 Å². The minimum absolute atomic E-state index is 0.0883. The number of aryl methyl sites for hydroxylation is 1. The van der Waals surface area contributed by atoms with Crippen LogP contribution in [0.15, 0.2) is 113 Å². The van der Waals surface area contributed by atoms with Crippen LogP contribution in [0.3, 0.4) is 0 Å². The first kappa shape index (κ1) is 34.4. The quantitative estimate of drug-likeness (QED) is 0.189. The monoisotopic (exact) mass is 691 g/mol. The van der Waals surface area contributed by atoms with Gasteiger partial charge in [-0.05, 0) is 92.1 Å². The second-order valence-electron chi connectivity index (χ2n) is 13.3. The first-order chi connectivity index (χ1) is 23.3. The van der Waals surface area contributed by atoms with E-state index in [0.29, 0.717) is 17.4 Å². The van der Waals surface area contributed by atoms with Crippen molar-refractivity contribution in [1.29, 1.82) is 0 Å². The maximum Gasteiger partial charge on any atom is 0.455 e. The number of ether oxygens (including phenoxy) is 2. The average Bonchev–Trinajstić information content (AvgIpc) is 3.49. The minimum atomic E-state index is -5.15. The van der Waals surface area contributed by atoms with Crippen molar-refractivity contribution in [2.24, 2.45) is 22.9 Å². The number of halogens is 3. The second-order valence-corrected chi connectivity index (χ2v) is 15.0. The summed E-state index contributed by atoms with van der Waals surface area (Å²) in [4.78, 5) is -0.102. The van der Waals surface area contributed by atoms with Crippen molar-refractivity contribution in [2.45, 2.75) is 69.9 Å². The lowest BCUT2D eigenvalue weighted by atomic mass is 9.75. The molecule has 1 N–H and O–H groups in total. The van der Waals surface area contributed by atoms with Crippen LogP contribution < -0.4 is 14.5 Å². The normalized spacial score (nSPS) is 22.8. The van der Waals surface area contributed by atoms with Crippen LogP contribution in [0.5, 0.6) is 5.75 Å². The number of anilines is 2. The van der Waals surface area contributed by atoms with Gasteiger partial charge >= 0.3 is 11.9 Å². The summed E-state index contributed by atoms with van der Waals surface area (Å²) in [7, 11) is -4.34. The van der Waals surface area contributed by atoms with E-state index in [1.807, 2.05) is 6.92 Å². The largest absolute Gasteiger partial charge is 0.490 e. The number of sulfonamides is 1. The van der Waals surface area contributed by atoms with Crippen LogP contribution in [0.1, 0.15) is 56.7 Å². The number of rotatable bonds is 9. The van der Waals surface area contributed by atoms with Gasteiger partial charge in [-0.15, -0.1) is 5.10 Å². The Labute approximate surface area is 285 Å². The molecule has 6 rings (SSSR count). The zero-order valence-corrected chi connectivity index (χ0v) is 28.6. The number of alkyl halides is 3. The second kappa shape index (κ2) is 13.4. The SMILES string of the molecule is Cc1ccc(S(=O)(=O)Nc2ccc(O[C@@H]3C[C@H](C)CC[C@H]3C(C)C)cc2C2(C(F)(F)F)OC(c3ccccc3)=NN2c2ccccc2)cc1. The molecule has 0 amide bonds. The maximum absolute atomic E-state index is 16.1. The summed E-state index contributed by atoms with van der Waals surface area (Å²) < 4.78 is 90.6. The van der Waals surface area contributed by atoms with Crippen molar-refractivity contribution in [3.05, 3.63) is 120 Å². The van der Waals surface area contributed by atoms with E-state index in [1.165, 1.54) is 42.5 Å². The highest BCUT2D eigenvalue weighted by Crippen LogP contribution is 2.53. The summed E-state index contributed by atoms with van der Waals surface area (Å²) in [6, 6.07) is 26.3. The highest BCUT2D eigenvalue weighted by Gasteiger charge is 2.68. The van der Waals surface area contributed by atoms with Gasteiger partial charge in [-0.3, -0.25) is 4.72 Å². The zero-order chi connectivity index (χ0) is 35.0. The summed E-state index contributed by atoms with van der Waals surface area (Å²) in [5, 5.41) is 5.19. The third kappa shape index (κ3) is 6.86. The average molecular weight is 692 g/mol. The molecule has 258 valence electrons. The number of nitrogens with one attached hydrogen (secondary N) is 1. The van der Waals surface area contributed by atoms with E-state index in [1.54, 1.807) is 60.7 Å². The van der Waals surface area contributed by atoms with Crippen LogP contribution in [0, 0.1) is 24.7 Å². The first-order valence-electron chi connectivity index (χ1n) is 16.4. The van der Waals surface area contributed by atoms with Crippen LogP contribution >= 0.6 is 0 Å². The van der Waals surface area contributed by atoms with Gasteiger partial charge in [0.2, 0.25) is 5.90 Å². The summed E-state index contributed by atoms with van der Waals surface area (Å²) >= 11 is 0. The van der Waals surface area contributed by atoms with Crippen LogP contribution in [0.25, 0.3) is 0 Å². The van der Waals surface area contributed by atoms with Crippen molar-refractivity contribution in [3.63, 3.8) is 0 Å². The Morgan fingerprint density at radius 2 is 1.59 bits per heavy atom. The van der Waals surface area contributed by atoms with Gasteiger partial charge < -0.3 is 9.47 Å². The summed E-state index contributed by atoms with van der Waals surface area (Å²) in [5.74, 6) is 0.781.